The number of carbonyl (C=O) groups is 1. The van der Waals surface area contributed by atoms with Crippen LogP contribution in [0.4, 0.5) is 5.69 Å². The molecule has 0 saturated heterocycles. The molecule has 0 N–H and O–H groups in total. The zero-order valence-electron chi connectivity index (χ0n) is 12.2. The molecule has 2 aromatic heterocycles. The van der Waals surface area contributed by atoms with E-state index in [2.05, 4.69) is 0 Å². The van der Waals surface area contributed by atoms with E-state index in [0.29, 0.717) is 12.0 Å². The number of carbonyl (C=O) groups excluding carboxylic acids is 1. The minimum atomic E-state index is -0.443. The van der Waals surface area contributed by atoms with E-state index in [0.717, 1.165) is 11.1 Å². The number of fused-ring (bicyclic) bond motifs is 1. The quantitative estimate of drug-likeness (QED) is 0.412. The van der Waals surface area contributed by atoms with E-state index in [1.54, 1.807) is 24.4 Å². The van der Waals surface area contributed by atoms with E-state index in [1.165, 1.54) is 12.1 Å². The van der Waals surface area contributed by atoms with Crippen molar-refractivity contribution in [2.45, 2.75) is 6.42 Å². The zero-order valence-corrected chi connectivity index (χ0v) is 12.2. The van der Waals surface area contributed by atoms with E-state index in [-0.39, 0.29) is 18.3 Å². The fourth-order valence-corrected chi connectivity index (χ4v) is 2.28. The highest BCUT2D eigenvalue weighted by Crippen LogP contribution is 2.13. The second-order valence-corrected chi connectivity index (χ2v) is 5.07. The Labute approximate surface area is 132 Å². The van der Waals surface area contributed by atoms with Crippen LogP contribution in [0.1, 0.15) is 15.9 Å². The molecule has 3 rings (SSSR count). The Balaban J connectivity index is 1.57. The number of nitrogens with zero attached hydrogens (tertiary/aromatic N) is 2. The van der Waals surface area contributed by atoms with Gasteiger partial charge in [0.1, 0.15) is 0 Å². The van der Waals surface area contributed by atoms with Gasteiger partial charge in [0.25, 0.3) is 5.69 Å². The monoisotopic (exact) mass is 310 g/mol. The van der Waals surface area contributed by atoms with Gasteiger partial charge in [-0.3, -0.25) is 10.1 Å². The molecule has 3 aromatic rings. The maximum Gasteiger partial charge on any atom is 0.339 e. The highest BCUT2D eigenvalue weighted by atomic mass is 16.6. The van der Waals surface area contributed by atoms with Crippen molar-refractivity contribution in [2.24, 2.45) is 0 Å². The first-order valence-corrected chi connectivity index (χ1v) is 7.11. The first-order chi connectivity index (χ1) is 11.1. The first-order valence-electron chi connectivity index (χ1n) is 7.11. The van der Waals surface area contributed by atoms with Crippen molar-refractivity contribution in [3.63, 3.8) is 0 Å². The minimum absolute atomic E-state index is 0.0470. The molecule has 0 aliphatic heterocycles. The molecule has 0 aliphatic carbocycles. The van der Waals surface area contributed by atoms with Crippen LogP contribution < -0.4 is 0 Å². The number of benzene rings is 1. The van der Waals surface area contributed by atoms with E-state index in [9.17, 15) is 14.9 Å². The van der Waals surface area contributed by atoms with Gasteiger partial charge in [0.2, 0.25) is 0 Å². The summed E-state index contributed by atoms with van der Waals surface area (Å²) in [6.07, 6.45) is 4.10. The number of hydrogen-bond acceptors (Lipinski definition) is 4. The van der Waals surface area contributed by atoms with Crippen LogP contribution in [0.3, 0.4) is 0 Å². The van der Waals surface area contributed by atoms with Crippen molar-refractivity contribution >= 4 is 17.2 Å². The van der Waals surface area contributed by atoms with E-state index in [1.807, 2.05) is 28.8 Å². The molecule has 0 radical (unpaired) electrons. The maximum atomic E-state index is 12.0. The summed E-state index contributed by atoms with van der Waals surface area (Å²) >= 11 is 0. The molecule has 6 heteroatoms. The molecule has 0 amide bonds. The van der Waals surface area contributed by atoms with Gasteiger partial charge in [0.05, 0.1) is 17.1 Å². The normalized spacial score (nSPS) is 10.6. The third-order valence-electron chi connectivity index (χ3n) is 3.53. The summed E-state index contributed by atoms with van der Waals surface area (Å²) in [5.41, 5.74) is 2.42. The van der Waals surface area contributed by atoms with Crippen molar-refractivity contribution in [1.29, 1.82) is 0 Å². The van der Waals surface area contributed by atoms with Crippen molar-refractivity contribution in [2.75, 3.05) is 6.61 Å². The van der Waals surface area contributed by atoms with Crippen molar-refractivity contribution in [3.8, 4) is 0 Å². The molecule has 1 aromatic carbocycles. The number of hydrogen-bond donors (Lipinski definition) is 0. The molecule has 6 nitrogen and oxygen atoms in total. The third-order valence-corrected chi connectivity index (χ3v) is 3.53. The SMILES string of the molecule is O=C(OCCc1ccc([N+](=O)[O-])cc1)c1ccc2cccn2c1. The van der Waals surface area contributed by atoms with Crippen molar-refractivity contribution in [3.05, 3.63) is 82.2 Å². The predicted molar refractivity (Wildman–Crippen MR) is 84.5 cm³/mol. The third kappa shape index (κ3) is 3.37. The Morgan fingerprint density at radius 1 is 1.13 bits per heavy atom. The molecule has 0 aliphatic rings. The molecule has 23 heavy (non-hydrogen) atoms. The van der Waals surface area contributed by atoms with Gasteiger partial charge < -0.3 is 9.14 Å². The predicted octanol–water partition coefficient (Wildman–Crippen LogP) is 3.25. The van der Waals surface area contributed by atoms with Crippen LogP contribution in [-0.2, 0) is 11.2 Å². The van der Waals surface area contributed by atoms with Gasteiger partial charge in [-0.05, 0) is 29.8 Å². The highest BCUT2D eigenvalue weighted by Gasteiger charge is 2.09. The van der Waals surface area contributed by atoms with Gasteiger partial charge in [-0.25, -0.2) is 4.79 Å². The molecule has 0 saturated carbocycles. The second-order valence-electron chi connectivity index (χ2n) is 5.07. The topological polar surface area (TPSA) is 73.8 Å². The number of ether oxygens (including phenoxy) is 1. The smallest absolute Gasteiger partial charge is 0.339 e. The lowest BCUT2D eigenvalue weighted by atomic mass is 10.1. The standard InChI is InChI=1S/C17H14N2O4/c20-17(14-5-8-15-2-1-10-18(15)12-14)23-11-9-13-3-6-16(7-4-13)19(21)22/h1-8,10,12H,9,11H2. The number of non-ortho nitro benzene ring substituents is 1. The first kappa shape index (κ1) is 14.8. The molecule has 116 valence electrons. The largest absolute Gasteiger partial charge is 0.462 e. The molecule has 0 bridgehead atoms. The average Bonchev–Trinajstić information content (AvgIpc) is 3.02. The lowest BCUT2D eigenvalue weighted by Crippen LogP contribution is -2.09. The van der Waals surface area contributed by atoms with Crippen LogP contribution in [0.25, 0.3) is 5.52 Å². The molecule has 0 fully saturated rings. The number of aromatic nitrogens is 1. The Bertz CT molecular complexity index is 852. The van der Waals surface area contributed by atoms with Crippen LogP contribution in [0.15, 0.2) is 60.9 Å². The molecular weight excluding hydrogens is 296 g/mol. The Kier molecular flexibility index (Phi) is 4.05. The van der Waals surface area contributed by atoms with E-state index < -0.39 is 4.92 Å². The van der Waals surface area contributed by atoms with Gasteiger partial charge in [-0.1, -0.05) is 12.1 Å². The average molecular weight is 310 g/mol. The summed E-state index contributed by atoms with van der Waals surface area (Å²) in [7, 11) is 0. The summed E-state index contributed by atoms with van der Waals surface area (Å²) in [5, 5.41) is 10.6. The van der Waals surface area contributed by atoms with Gasteiger partial charge in [0, 0.05) is 36.5 Å². The second kappa shape index (κ2) is 6.31. The molecular formula is C17H14N2O4. The van der Waals surface area contributed by atoms with Crippen LogP contribution in [0.5, 0.6) is 0 Å². The van der Waals surface area contributed by atoms with Gasteiger partial charge in [0.15, 0.2) is 0 Å². The van der Waals surface area contributed by atoms with Crippen molar-refractivity contribution < 1.29 is 14.5 Å². The van der Waals surface area contributed by atoms with Gasteiger partial charge in [-0.15, -0.1) is 0 Å². The van der Waals surface area contributed by atoms with Gasteiger partial charge >= 0.3 is 5.97 Å². The number of esters is 1. The Morgan fingerprint density at radius 3 is 2.65 bits per heavy atom. The molecule has 0 atom stereocenters. The fraction of sp³-hybridized carbons (Fsp3) is 0.118. The zero-order chi connectivity index (χ0) is 16.2. The van der Waals surface area contributed by atoms with Crippen molar-refractivity contribution in [1.82, 2.24) is 4.40 Å². The molecule has 0 unspecified atom stereocenters. The number of nitro groups is 1. The molecule has 2 heterocycles. The number of nitro benzene ring substituents is 1. The Morgan fingerprint density at radius 2 is 1.91 bits per heavy atom. The van der Waals surface area contributed by atoms with Gasteiger partial charge in [-0.2, -0.15) is 0 Å². The van der Waals surface area contributed by atoms with E-state index >= 15 is 0 Å². The summed E-state index contributed by atoms with van der Waals surface area (Å²) in [6.45, 7) is 0.223. The number of pyridine rings is 1. The minimum Gasteiger partial charge on any atom is -0.462 e. The van der Waals surface area contributed by atoms with Crippen LogP contribution >= 0.6 is 0 Å². The van der Waals surface area contributed by atoms with Crippen LogP contribution in [-0.4, -0.2) is 21.9 Å². The molecule has 0 spiro atoms. The summed E-state index contributed by atoms with van der Waals surface area (Å²) in [5.74, 6) is -0.387. The summed E-state index contributed by atoms with van der Waals surface area (Å²) in [4.78, 5) is 22.2. The van der Waals surface area contributed by atoms with Crippen LogP contribution in [0.2, 0.25) is 0 Å². The number of rotatable bonds is 5. The summed E-state index contributed by atoms with van der Waals surface area (Å²) < 4.78 is 7.10. The lowest BCUT2D eigenvalue weighted by molar-refractivity contribution is -0.384. The van der Waals surface area contributed by atoms with Crippen LogP contribution in [0, 0.1) is 10.1 Å². The maximum absolute atomic E-state index is 12.0. The lowest BCUT2D eigenvalue weighted by Gasteiger charge is -2.06. The van der Waals surface area contributed by atoms with E-state index in [4.69, 9.17) is 4.74 Å². The highest BCUT2D eigenvalue weighted by molar-refractivity contribution is 5.89. The Hall–Kier alpha value is -3.15. The summed E-state index contributed by atoms with van der Waals surface area (Å²) in [6, 6.07) is 13.6. The fourth-order valence-electron chi connectivity index (χ4n) is 2.28.